The van der Waals surface area contributed by atoms with Crippen molar-refractivity contribution in [2.45, 2.75) is 91.9 Å². The molecule has 1 heteroatoms. The molecule has 0 spiro atoms. The standard InChI is InChI=1S/2C12H19.Mg/c2*1-4-7-11-8-6-9-12(11)10(3)5-2;/h2*6,8-10H,4-5,7H2,1-3H3;/q2*-1;+2. The molecule has 2 aromatic rings. The molecule has 0 saturated carbocycles. The van der Waals surface area contributed by atoms with Gasteiger partial charge < -0.3 is 0 Å². The molecule has 0 aliphatic heterocycles. The van der Waals surface area contributed by atoms with Gasteiger partial charge in [0.1, 0.15) is 0 Å². The molecular weight excluding hydrogens is 313 g/mol. The Morgan fingerprint density at radius 3 is 1.36 bits per heavy atom. The van der Waals surface area contributed by atoms with E-state index in [0.29, 0.717) is 0 Å². The first-order chi connectivity index (χ1) is 11.6. The zero-order valence-corrected chi connectivity index (χ0v) is 19.0. The predicted octanol–water partition coefficient (Wildman–Crippen LogP) is 7.36. The van der Waals surface area contributed by atoms with Crippen LogP contribution in [0, 0.1) is 0 Å². The summed E-state index contributed by atoms with van der Waals surface area (Å²) < 4.78 is 0. The molecule has 0 nitrogen and oxygen atoms in total. The van der Waals surface area contributed by atoms with Crippen LogP contribution in [-0.2, 0) is 12.8 Å². The molecule has 25 heavy (non-hydrogen) atoms. The SMILES string of the molecule is CCC[c-]1cccc1C(C)CC.CCC[c-]1cccc1C(C)CC.[Mg+2]. The molecule has 0 N–H and O–H groups in total. The summed E-state index contributed by atoms with van der Waals surface area (Å²) >= 11 is 0. The van der Waals surface area contributed by atoms with Crippen LogP contribution in [0.15, 0.2) is 36.4 Å². The topological polar surface area (TPSA) is 0 Å². The van der Waals surface area contributed by atoms with Crippen molar-refractivity contribution in [1.29, 1.82) is 0 Å². The van der Waals surface area contributed by atoms with Gasteiger partial charge in [0, 0.05) is 0 Å². The molecule has 0 amide bonds. The minimum Gasteiger partial charge on any atom is -0.213 e. The van der Waals surface area contributed by atoms with E-state index < -0.39 is 0 Å². The molecule has 0 aliphatic carbocycles. The van der Waals surface area contributed by atoms with E-state index in [1.54, 1.807) is 22.3 Å². The molecule has 2 atom stereocenters. The van der Waals surface area contributed by atoms with E-state index in [0.717, 1.165) is 11.8 Å². The van der Waals surface area contributed by atoms with Crippen molar-refractivity contribution in [1.82, 2.24) is 0 Å². The van der Waals surface area contributed by atoms with Crippen molar-refractivity contribution >= 4 is 23.1 Å². The van der Waals surface area contributed by atoms with Crippen molar-refractivity contribution in [2.75, 3.05) is 0 Å². The average molecular weight is 351 g/mol. The summed E-state index contributed by atoms with van der Waals surface area (Å²) in [4.78, 5) is 0. The van der Waals surface area contributed by atoms with Crippen molar-refractivity contribution < 1.29 is 0 Å². The third-order valence-electron chi connectivity index (χ3n) is 5.21. The van der Waals surface area contributed by atoms with Gasteiger partial charge in [0.05, 0.1) is 0 Å². The summed E-state index contributed by atoms with van der Waals surface area (Å²) in [7, 11) is 0. The second kappa shape index (κ2) is 13.6. The number of hydrogen-bond donors (Lipinski definition) is 0. The van der Waals surface area contributed by atoms with Gasteiger partial charge >= 0.3 is 23.1 Å². The minimum absolute atomic E-state index is 0. The normalized spacial score (nSPS) is 12.7. The summed E-state index contributed by atoms with van der Waals surface area (Å²) in [6, 6.07) is 13.5. The second-order valence-corrected chi connectivity index (χ2v) is 7.13. The third-order valence-corrected chi connectivity index (χ3v) is 5.21. The Hall–Kier alpha value is -0.534. The Morgan fingerprint density at radius 2 is 1.08 bits per heavy atom. The van der Waals surface area contributed by atoms with Crippen LogP contribution in [0.1, 0.15) is 101 Å². The molecule has 2 unspecified atom stereocenters. The fourth-order valence-electron chi connectivity index (χ4n) is 3.34. The van der Waals surface area contributed by atoms with E-state index in [2.05, 4.69) is 77.9 Å². The Kier molecular flexibility index (Phi) is 13.4. The van der Waals surface area contributed by atoms with E-state index in [-0.39, 0.29) is 23.1 Å². The predicted molar refractivity (Wildman–Crippen MR) is 115 cm³/mol. The number of aryl methyl sites for hydroxylation is 2. The van der Waals surface area contributed by atoms with Gasteiger partial charge in [-0.2, -0.15) is 34.4 Å². The molecule has 0 heterocycles. The molecule has 0 aliphatic rings. The Balaban J connectivity index is 0.000000443. The summed E-state index contributed by atoms with van der Waals surface area (Å²) in [5.74, 6) is 1.48. The molecule has 0 bridgehead atoms. The fourth-order valence-corrected chi connectivity index (χ4v) is 3.34. The van der Waals surface area contributed by atoms with E-state index in [9.17, 15) is 0 Å². The molecular formula is C24H38Mg. The van der Waals surface area contributed by atoms with E-state index in [1.807, 2.05) is 0 Å². The summed E-state index contributed by atoms with van der Waals surface area (Å²) in [5, 5.41) is 0. The average Bonchev–Trinajstić information content (AvgIpc) is 3.24. The van der Waals surface area contributed by atoms with Gasteiger partial charge in [0.25, 0.3) is 0 Å². The molecule has 0 saturated heterocycles. The summed E-state index contributed by atoms with van der Waals surface area (Å²) in [5.41, 5.74) is 6.26. The van der Waals surface area contributed by atoms with Gasteiger partial charge in [-0.3, -0.25) is 0 Å². The second-order valence-electron chi connectivity index (χ2n) is 7.13. The zero-order chi connectivity index (χ0) is 17.9. The molecule has 2 rings (SSSR count). The maximum atomic E-state index is 2.31. The van der Waals surface area contributed by atoms with E-state index >= 15 is 0 Å². The van der Waals surface area contributed by atoms with Crippen LogP contribution in [-0.4, -0.2) is 23.1 Å². The van der Waals surface area contributed by atoms with E-state index in [1.165, 1.54) is 38.5 Å². The van der Waals surface area contributed by atoms with Crippen LogP contribution in [0.2, 0.25) is 0 Å². The Labute approximate surface area is 173 Å². The first kappa shape index (κ1) is 24.5. The van der Waals surface area contributed by atoms with Crippen LogP contribution in [0.4, 0.5) is 0 Å². The molecule has 0 fully saturated rings. The van der Waals surface area contributed by atoms with Crippen LogP contribution in [0.5, 0.6) is 0 Å². The van der Waals surface area contributed by atoms with Crippen LogP contribution in [0.25, 0.3) is 0 Å². The number of hydrogen-bond acceptors (Lipinski definition) is 0. The largest absolute Gasteiger partial charge is 2.00 e. The maximum Gasteiger partial charge on any atom is 2.00 e. The first-order valence-electron chi connectivity index (χ1n) is 10.1. The smallest absolute Gasteiger partial charge is 0.213 e. The van der Waals surface area contributed by atoms with Gasteiger partial charge in [-0.25, -0.2) is 24.3 Å². The van der Waals surface area contributed by atoms with Gasteiger partial charge in [0.2, 0.25) is 0 Å². The van der Waals surface area contributed by atoms with Crippen molar-refractivity contribution in [3.05, 3.63) is 58.7 Å². The van der Waals surface area contributed by atoms with Crippen molar-refractivity contribution in [3.63, 3.8) is 0 Å². The van der Waals surface area contributed by atoms with Gasteiger partial charge in [0.15, 0.2) is 0 Å². The third kappa shape index (κ3) is 7.70. The molecule has 0 aromatic heterocycles. The summed E-state index contributed by atoms with van der Waals surface area (Å²) in [6.45, 7) is 13.6. The van der Waals surface area contributed by atoms with Gasteiger partial charge in [-0.1, -0.05) is 80.1 Å². The zero-order valence-electron chi connectivity index (χ0n) is 17.6. The van der Waals surface area contributed by atoms with Crippen molar-refractivity contribution in [2.24, 2.45) is 0 Å². The quantitative estimate of drug-likeness (QED) is 0.344. The Morgan fingerprint density at radius 1 is 0.720 bits per heavy atom. The molecule has 0 radical (unpaired) electrons. The molecule has 136 valence electrons. The first-order valence-corrected chi connectivity index (χ1v) is 10.1. The number of rotatable bonds is 8. The monoisotopic (exact) mass is 350 g/mol. The molecule has 2 aromatic carbocycles. The maximum absolute atomic E-state index is 2.31. The van der Waals surface area contributed by atoms with Crippen LogP contribution < -0.4 is 0 Å². The minimum atomic E-state index is 0. The fraction of sp³-hybridized carbons (Fsp3) is 0.583. The van der Waals surface area contributed by atoms with Gasteiger partial charge in [-0.15, -0.1) is 0 Å². The van der Waals surface area contributed by atoms with Crippen LogP contribution in [0.3, 0.4) is 0 Å². The van der Waals surface area contributed by atoms with Crippen LogP contribution >= 0.6 is 0 Å². The van der Waals surface area contributed by atoms with Crippen molar-refractivity contribution in [3.8, 4) is 0 Å². The Bertz CT molecular complexity index is 496. The van der Waals surface area contributed by atoms with E-state index in [4.69, 9.17) is 0 Å². The van der Waals surface area contributed by atoms with Gasteiger partial charge in [-0.05, 0) is 11.8 Å². The summed E-state index contributed by atoms with van der Waals surface area (Å²) in [6.07, 6.45) is 7.50.